The monoisotopic (exact) mass is 112 g/mol. The fraction of sp³-hybridized carbons (Fsp3) is 0.800. The Labute approximate surface area is 47.7 Å². The van der Waals surface area contributed by atoms with Crippen molar-refractivity contribution in [2.45, 2.75) is 12.5 Å². The van der Waals surface area contributed by atoms with E-state index in [2.05, 4.69) is 10.5 Å². The van der Waals surface area contributed by atoms with Crippen LogP contribution in [0.25, 0.3) is 0 Å². The second kappa shape index (κ2) is 1.45. The average Bonchev–Trinajstić information content (AvgIpc) is 2.49. The summed E-state index contributed by atoms with van der Waals surface area (Å²) in [6.45, 7) is 1.88. The Hall–Kier alpha value is -0.570. The molecule has 0 radical (unpaired) electrons. The van der Waals surface area contributed by atoms with E-state index in [0.29, 0.717) is 6.10 Å². The van der Waals surface area contributed by atoms with E-state index in [4.69, 9.17) is 4.74 Å². The number of nitrogens with zero attached hydrogens (tertiary/aromatic N) is 1. The lowest BCUT2D eigenvalue weighted by molar-refractivity contribution is 0.448. The quantitative estimate of drug-likeness (QED) is 0.474. The molecule has 1 atom stereocenters. The smallest absolute Gasteiger partial charge is 0.121 e. The molecule has 2 rings (SSSR count). The van der Waals surface area contributed by atoms with E-state index in [9.17, 15) is 0 Å². The normalized spacial score (nSPS) is 34.0. The third kappa shape index (κ3) is 0.591. The first-order chi connectivity index (χ1) is 3.97. The van der Waals surface area contributed by atoms with E-state index in [0.717, 1.165) is 19.6 Å². The lowest BCUT2D eigenvalue weighted by Crippen LogP contribution is -2.02. The Morgan fingerprint density at radius 1 is 1.75 bits per heavy atom. The van der Waals surface area contributed by atoms with E-state index in [1.54, 1.807) is 0 Å². The maximum atomic E-state index is 5.02. The molecule has 1 saturated heterocycles. The highest BCUT2D eigenvalue weighted by atomic mass is 16.6. The third-order valence-corrected chi connectivity index (χ3v) is 1.42. The summed E-state index contributed by atoms with van der Waals surface area (Å²) >= 11 is 0. The van der Waals surface area contributed by atoms with E-state index in [1.807, 2.05) is 0 Å². The Morgan fingerprint density at radius 3 is 3.12 bits per heavy atom. The molecule has 0 aromatic heterocycles. The SMILES string of the molecule is C1CC(C2CO2)=NN1. The number of hydrazone groups is 1. The first-order valence-corrected chi connectivity index (χ1v) is 2.88. The summed E-state index contributed by atoms with van der Waals surface area (Å²) in [7, 11) is 0. The molecule has 2 aliphatic rings. The first kappa shape index (κ1) is 4.32. The summed E-state index contributed by atoms with van der Waals surface area (Å²) in [6, 6.07) is 0. The molecule has 0 amide bonds. The number of ether oxygens (including phenoxy) is 1. The van der Waals surface area contributed by atoms with E-state index >= 15 is 0 Å². The van der Waals surface area contributed by atoms with Crippen molar-refractivity contribution in [2.24, 2.45) is 5.10 Å². The van der Waals surface area contributed by atoms with Crippen LogP contribution in [-0.4, -0.2) is 25.0 Å². The predicted octanol–water partition coefficient (Wildman–Crippen LogP) is -0.266. The van der Waals surface area contributed by atoms with Gasteiger partial charge in [-0.05, 0) is 0 Å². The van der Waals surface area contributed by atoms with Gasteiger partial charge in [0.05, 0.1) is 12.3 Å². The minimum absolute atomic E-state index is 0.380. The Morgan fingerprint density at radius 2 is 2.62 bits per heavy atom. The van der Waals surface area contributed by atoms with Crippen LogP contribution in [-0.2, 0) is 4.74 Å². The van der Waals surface area contributed by atoms with Crippen molar-refractivity contribution >= 4 is 5.71 Å². The number of rotatable bonds is 1. The van der Waals surface area contributed by atoms with Crippen molar-refractivity contribution in [3.8, 4) is 0 Å². The van der Waals surface area contributed by atoms with Crippen LogP contribution in [0, 0.1) is 0 Å². The lowest BCUT2D eigenvalue weighted by Gasteiger charge is -1.83. The average molecular weight is 112 g/mol. The van der Waals surface area contributed by atoms with E-state index in [1.165, 1.54) is 5.71 Å². The number of hydrogen-bond donors (Lipinski definition) is 1. The molecule has 0 saturated carbocycles. The highest BCUT2D eigenvalue weighted by molar-refractivity contribution is 5.91. The number of epoxide rings is 1. The van der Waals surface area contributed by atoms with Gasteiger partial charge in [0.25, 0.3) is 0 Å². The van der Waals surface area contributed by atoms with Crippen LogP contribution in [0.2, 0.25) is 0 Å². The Balaban J connectivity index is 2.02. The van der Waals surface area contributed by atoms with Gasteiger partial charge in [0.15, 0.2) is 0 Å². The van der Waals surface area contributed by atoms with Crippen LogP contribution < -0.4 is 5.43 Å². The topological polar surface area (TPSA) is 36.9 Å². The van der Waals surface area contributed by atoms with Gasteiger partial charge in [-0.3, -0.25) is 0 Å². The van der Waals surface area contributed by atoms with E-state index in [-0.39, 0.29) is 0 Å². The summed E-state index contributed by atoms with van der Waals surface area (Å²) in [6.07, 6.45) is 1.45. The molecule has 0 aromatic rings. The molecule has 1 N–H and O–H groups in total. The fourth-order valence-electron chi connectivity index (χ4n) is 0.871. The number of nitrogens with one attached hydrogen (secondary N) is 1. The molecular weight excluding hydrogens is 104 g/mol. The molecule has 44 valence electrons. The maximum absolute atomic E-state index is 5.02. The third-order valence-electron chi connectivity index (χ3n) is 1.42. The fourth-order valence-corrected chi connectivity index (χ4v) is 0.871. The highest BCUT2D eigenvalue weighted by Crippen LogP contribution is 2.14. The summed E-state index contributed by atoms with van der Waals surface area (Å²) in [5.74, 6) is 0. The van der Waals surface area contributed by atoms with Crippen molar-refractivity contribution < 1.29 is 4.74 Å². The summed E-state index contributed by atoms with van der Waals surface area (Å²) in [5, 5.41) is 4.04. The lowest BCUT2D eigenvalue weighted by atomic mass is 10.2. The summed E-state index contributed by atoms with van der Waals surface area (Å²) in [5.41, 5.74) is 4.10. The van der Waals surface area contributed by atoms with Crippen LogP contribution in [0.5, 0.6) is 0 Å². The molecular formula is C5H8N2O. The Bertz CT molecular complexity index is 128. The molecule has 0 bridgehead atoms. The van der Waals surface area contributed by atoms with E-state index < -0.39 is 0 Å². The van der Waals surface area contributed by atoms with Crippen molar-refractivity contribution in [3.05, 3.63) is 0 Å². The van der Waals surface area contributed by atoms with Crippen LogP contribution in [0.15, 0.2) is 5.10 Å². The molecule has 0 aromatic carbocycles. The molecule has 3 heteroatoms. The van der Waals surface area contributed by atoms with Gasteiger partial charge in [-0.2, -0.15) is 5.10 Å². The van der Waals surface area contributed by atoms with Gasteiger partial charge in [0.1, 0.15) is 6.10 Å². The zero-order valence-electron chi connectivity index (χ0n) is 4.55. The molecule has 8 heavy (non-hydrogen) atoms. The zero-order valence-corrected chi connectivity index (χ0v) is 4.55. The highest BCUT2D eigenvalue weighted by Gasteiger charge is 2.30. The van der Waals surface area contributed by atoms with Crippen LogP contribution in [0.3, 0.4) is 0 Å². The zero-order chi connectivity index (χ0) is 5.40. The minimum atomic E-state index is 0.380. The largest absolute Gasteiger partial charge is 0.367 e. The van der Waals surface area contributed by atoms with Crippen molar-refractivity contribution in [1.29, 1.82) is 0 Å². The molecule has 0 aliphatic carbocycles. The summed E-state index contributed by atoms with van der Waals surface area (Å²) in [4.78, 5) is 0. The van der Waals surface area contributed by atoms with Gasteiger partial charge in [0.2, 0.25) is 0 Å². The molecule has 2 heterocycles. The van der Waals surface area contributed by atoms with Gasteiger partial charge >= 0.3 is 0 Å². The molecule has 2 aliphatic heterocycles. The van der Waals surface area contributed by atoms with Crippen LogP contribution in [0.1, 0.15) is 6.42 Å². The standard InChI is InChI=1S/C5H8N2O/c1-2-6-7-4(1)5-3-8-5/h5-6H,1-3H2. The molecule has 1 unspecified atom stereocenters. The number of hydrogen-bond acceptors (Lipinski definition) is 3. The van der Waals surface area contributed by atoms with Gasteiger partial charge in [0, 0.05) is 13.0 Å². The minimum Gasteiger partial charge on any atom is -0.367 e. The second-order valence-corrected chi connectivity index (χ2v) is 2.08. The predicted molar refractivity (Wildman–Crippen MR) is 29.8 cm³/mol. The van der Waals surface area contributed by atoms with Crippen molar-refractivity contribution in [2.75, 3.05) is 13.2 Å². The molecule has 0 spiro atoms. The van der Waals surface area contributed by atoms with Crippen molar-refractivity contribution in [3.63, 3.8) is 0 Å². The summed E-state index contributed by atoms with van der Waals surface area (Å²) < 4.78 is 5.02. The second-order valence-electron chi connectivity index (χ2n) is 2.08. The van der Waals surface area contributed by atoms with Gasteiger partial charge in [-0.25, -0.2) is 0 Å². The molecule has 3 nitrogen and oxygen atoms in total. The van der Waals surface area contributed by atoms with Gasteiger partial charge < -0.3 is 10.2 Å². The van der Waals surface area contributed by atoms with Crippen molar-refractivity contribution in [1.82, 2.24) is 5.43 Å². The van der Waals surface area contributed by atoms with Gasteiger partial charge in [-0.1, -0.05) is 0 Å². The molecule has 1 fully saturated rings. The van der Waals surface area contributed by atoms with Crippen LogP contribution in [0.4, 0.5) is 0 Å². The Kier molecular flexibility index (Phi) is 0.784. The van der Waals surface area contributed by atoms with Gasteiger partial charge in [-0.15, -0.1) is 0 Å². The maximum Gasteiger partial charge on any atom is 0.121 e. The van der Waals surface area contributed by atoms with Crippen LogP contribution >= 0.6 is 0 Å². The first-order valence-electron chi connectivity index (χ1n) is 2.88.